The summed E-state index contributed by atoms with van der Waals surface area (Å²) < 4.78 is 1.77. The van der Waals surface area contributed by atoms with Crippen LogP contribution in [-0.4, -0.2) is 63.7 Å². The molecule has 1 aliphatic heterocycles. The molecular formula is C21H24ClN5O. The highest BCUT2D eigenvalue weighted by Gasteiger charge is 2.27. The SMILES string of the molecule is Cc1nn(-c2ccccc2)c2ncc(C(=O)N(C)C3CCN(C)CC3)c(Cl)c12. The zero-order valence-electron chi connectivity index (χ0n) is 16.4. The second-order valence-corrected chi connectivity index (χ2v) is 7.85. The Labute approximate surface area is 169 Å². The number of halogens is 1. The molecule has 3 aromatic rings. The van der Waals surface area contributed by atoms with E-state index < -0.39 is 0 Å². The van der Waals surface area contributed by atoms with Crippen molar-refractivity contribution < 1.29 is 4.79 Å². The molecule has 1 aliphatic rings. The van der Waals surface area contributed by atoms with Crippen molar-refractivity contribution >= 4 is 28.5 Å². The van der Waals surface area contributed by atoms with Crippen LogP contribution < -0.4 is 0 Å². The highest BCUT2D eigenvalue weighted by molar-refractivity contribution is 6.38. The number of fused-ring (bicyclic) bond motifs is 1. The summed E-state index contributed by atoms with van der Waals surface area (Å²) in [6.07, 6.45) is 3.52. The van der Waals surface area contributed by atoms with Crippen LogP contribution in [0.1, 0.15) is 28.9 Å². The molecule has 1 saturated heterocycles. The van der Waals surface area contributed by atoms with Gasteiger partial charge in [-0.3, -0.25) is 4.79 Å². The second-order valence-electron chi connectivity index (χ2n) is 7.47. The molecule has 3 heterocycles. The highest BCUT2D eigenvalue weighted by Crippen LogP contribution is 2.31. The van der Waals surface area contributed by atoms with Gasteiger partial charge in [-0.05, 0) is 52.0 Å². The fourth-order valence-electron chi connectivity index (χ4n) is 3.84. The quantitative estimate of drug-likeness (QED) is 0.678. The predicted octanol–water partition coefficient (Wildman–Crippen LogP) is 3.55. The molecule has 0 spiro atoms. The molecule has 0 N–H and O–H groups in total. The van der Waals surface area contributed by atoms with E-state index in [1.807, 2.05) is 49.2 Å². The van der Waals surface area contributed by atoms with Crippen molar-refractivity contribution in [1.29, 1.82) is 0 Å². The van der Waals surface area contributed by atoms with Crippen LogP contribution in [0.5, 0.6) is 0 Å². The first kappa shape index (κ1) is 18.9. The van der Waals surface area contributed by atoms with Crippen LogP contribution in [0.25, 0.3) is 16.7 Å². The Kier molecular flexibility index (Phi) is 5.08. The summed E-state index contributed by atoms with van der Waals surface area (Å²) in [5.41, 5.74) is 2.76. The highest BCUT2D eigenvalue weighted by atomic mass is 35.5. The Hall–Kier alpha value is -2.44. The summed E-state index contributed by atoms with van der Waals surface area (Å²) in [5, 5.41) is 5.76. The first-order valence-corrected chi connectivity index (χ1v) is 9.90. The summed E-state index contributed by atoms with van der Waals surface area (Å²) in [6.45, 7) is 3.89. The number of likely N-dealkylation sites (tertiary alicyclic amines) is 1. The maximum atomic E-state index is 13.1. The molecule has 0 saturated carbocycles. The maximum Gasteiger partial charge on any atom is 0.256 e. The minimum Gasteiger partial charge on any atom is -0.339 e. The van der Waals surface area contributed by atoms with Crippen LogP contribution in [0.3, 0.4) is 0 Å². The van der Waals surface area contributed by atoms with Gasteiger partial charge in [0.2, 0.25) is 0 Å². The monoisotopic (exact) mass is 397 g/mol. The smallest absolute Gasteiger partial charge is 0.256 e. The van der Waals surface area contributed by atoms with Crippen molar-refractivity contribution in [3.05, 3.63) is 52.8 Å². The fourth-order valence-corrected chi connectivity index (χ4v) is 4.20. The molecule has 0 radical (unpaired) electrons. The minimum atomic E-state index is -0.0826. The normalized spacial score (nSPS) is 15.9. The molecule has 1 fully saturated rings. The predicted molar refractivity (Wildman–Crippen MR) is 111 cm³/mol. The molecular weight excluding hydrogens is 374 g/mol. The van der Waals surface area contributed by atoms with Gasteiger partial charge >= 0.3 is 0 Å². The number of piperidine rings is 1. The fraction of sp³-hybridized carbons (Fsp3) is 0.381. The van der Waals surface area contributed by atoms with Gasteiger partial charge in [0, 0.05) is 19.3 Å². The molecule has 4 rings (SSSR count). The minimum absolute atomic E-state index is 0.0826. The number of nitrogens with zero attached hydrogens (tertiary/aromatic N) is 5. The molecule has 1 amide bonds. The number of para-hydroxylation sites is 1. The summed E-state index contributed by atoms with van der Waals surface area (Å²) in [7, 11) is 3.97. The summed E-state index contributed by atoms with van der Waals surface area (Å²) in [4.78, 5) is 21.8. The summed E-state index contributed by atoms with van der Waals surface area (Å²) in [5.74, 6) is -0.0826. The van der Waals surface area contributed by atoms with Gasteiger partial charge in [0.1, 0.15) is 0 Å². The zero-order valence-corrected chi connectivity index (χ0v) is 17.1. The van der Waals surface area contributed by atoms with Crippen molar-refractivity contribution in [2.45, 2.75) is 25.8 Å². The van der Waals surface area contributed by atoms with Gasteiger partial charge in [0.15, 0.2) is 5.65 Å². The van der Waals surface area contributed by atoms with Crippen molar-refractivity contribution in [3.8, 4) is 5.69 Å². The number of carbonyl (C=O) groups excluding carboxylic acids is 1. The topological polar surface area (TPSA) is 54.3 Å². The lowest BCUT2D eigenvalue weighted by Crippen LogP contribution is -2.44. The van der Waals surface area contributed by atoms with E-state index in [0.29, 0.717) is 16.2 Å². The summed E-state index contributed by atoms with van der Waals surface area (Å²) >= 11 is 6.70. The lowest BCUT2D eigenvalue weighted by Gasteiger charge is -2.35. The molecule has 0 aliphatic carbocycles. The molecule has 1 aromatic carbocycles. The molecule has 146 valence electrons. The van der Waals surface area contributed by atoms with Gasteiger partial charge in [0.05, 0.1) is 27.4 Å². The Morgan fingerprint density at radius 3 is 2.57 bits per heavy atom. The molecule has 6 nitrogen and oxygen atoms in total. The van der Waals surface area contributed by atoms with Crippen molar-refractivity contribution in [2.24, 2.45) is 0 Å². The van der Waals surface area contributed by atoms with E-state index in [0.717, 1.165) is 42.7 Å². The number of hydrogen-bond acceptors (Lipinski definition) is 4. The van der Waals surface area contributed by atoms with Gasteiger partial charge in [-0.2, -0.15) is 5.10 Å². The first-order valence-electron chi connectivity index (χ1n) is 9.52. The number of pyridine rings is 1. The van der Waals surface area contributed by atoms with Crippen LogP contribution in [0.4, 0.5) is 0 Å². The van der Waals surface area contributed by atoms with E-state index >= 15 is 0 Å². The van der Waals surface area contributed by atoms with E-state index in [1.54, 1.807) is 10.9 Å². The Bertz CT molecular complexity index is 1010. The standard InChI is InChI=1S/C21H24ClN5O/c1-14-18-19(22)17(21(28)26(3)15-9-11-25(2)12-10-15)13-23-20(18)27(24-14)16-7-5-4-6-8-16/h4-8,13,15H,9-12H2,1-3H3. The average molecular weight is 398 g/mol. The average Bonchev–Trinajstić information content (AvgIpc) is 3.06. The van der Waals surface area contributed by atoms with E-state index in [2.05, 4.69) is 22.0 Å². The summed E-state index contributed by atoms with van der Waals surface area (Å²) in [6, 6.07) is 10.0. The Balaban J connectivity index is 1.70. The Morgan fingerprint density at radius 2 is 1.89 bits per heavy atom. The van der Waals surface area contributed by atoms with Crippen molar-refractivity contribution in [3.63, 3.8) is 0 Å². The number of carbonyl (C=O) groups is 1. The molecule has 28 heavy (non-hydrogen) atoms. The van der Waals surface area contributed by atoms with E-state index in [4.69, 9.17) is 11.6 Å². The van der Waals surface area contributed by atoms with Gasteiger partial charge < -0.3 is 9.80 Å². The third-order valence-corrected chi connectivity index (χ3v) is 5.99. The third-order valence-electron chi connectivity index (χ3n) is 5.60. The van der Waals surface area contributed by atoms with Crippen LogP contribution in [0, 0.1) is 6.92 Å². The van der Waals surface area contributed by atoms with Crippen molar-refractivity contribution in [2.75, 3.05) is 27.2 Å². The number of benzene rings is 1. The van der Waals surface area contributed by atoms with E-state index in [1.165, 1.54) is 0 Å². The molecule has 0 bridgehead atoms. The zero-order chi connectivity index (χ0) is 19.8. The van der Waals surface area contributed by atoms with Gasteiger partial charge in [0.25, 0.3) is 5.91 Å². The van der Waals surface area contributed by atoms with Crippen LogP contribution in [-0.2, 0) is 0 Å². The molecule has 0 atom stereocenters. The first-order chi connectivity index (χ1) is 13.5. The number of aryl methyl sites for hydroxylation is 1. The van der Waals surface area contributed by atoms with Gasteiger partial charge in [-0.25, -0.2) is 9.67 Å². The number of rotatable bonds is 3. The number of hydrogen-bond donors (Lipinski definition) is 0. The lowest BCUT2D eigenvalue weighted by molar-refractivity contribution is 0.0659. The number of amides is 1. The largest absolute Gasteiger partial charge is 0.339 e. The van der Waals surface area contributed by atoms with Gasteiger partial charge in [-0.15, -0.1) is 0 Å². The van der Waals surface area contributed by atoms with Gasteiger partial charge in [-0.1, -0.05) is 29.8 Å². The van der Waals surface area contributed by atoms with E-state index in [9.17, 15) is 4.79 Å². The molecule has 0 unspecified atom stereocenters. The van der Waals surface area contributed by atoms with Crippen LogP contribution in [0.2, 0.25) is 5.02 Å². The molecule has 2 aromatic heterocycles. The van der Waals surface area contributed by atoms with Crippen LogP contribution in [0.15, 0.2) is 36.5 Å². The molecule has 7 heteroatoms. The Morgan fingerprint density at radius 1 is 1.21 bits per heavy atom. The van der Waals surface area contributed by atoms with Crippen molar-refractivity contribution in [1.82, 2.24) is 24.6 Å². The van der Waals surface area contributed by atoms with E-state index in [-0.39, 0.29) is 11.9 Å². The third kappa shape index (κ3) is 3.27. The number of aromatic nitrogens is 3. The van der Waals surface area contributed by atoms with Crippen LogP contribution >= 0.6 is 11.6 Å². The maximum absolute atomic E-state index is 13.1. The second kappa shape index (κ2) is 7.53. The lowest BCUT2D eigenvalue weighted by atomic mass is 10.0.